The summed E-state index contributed by atoms with van der Waals surface area (Å²) in [5, 5.41) is 0. The molecule has 1 heteroatoms. The van der Waals surface area contributed by atoms with Gasteiger partial charge in [0.05, 0.1) is 12.2 Å². The van der Waals surface area contributed by atoms with Crippen LogP contribution >= 0.6 is 0 Å². The second-order valence-electron chi connectivity index (χ2n) is 7.60. The van der Waals surface area contributed by atoms with Crippen LogP contribution in [-0.4, -0.2) is 12.2 Å². The Kier molecular flexibility index (Phi) is 5.31. The lowest BCUT2D eigenvalue weighted by molar-refractivity contribution is -0.0577. The first-order chi connectivity index (χ1) is 10.8. The highest BCUT2D eigenvalue weighted by atomic mass is 16.5. The van der Waals surface area contributed by atoms with E-state index in [9.17, 15) is 0 Å². The molecule has 23 heavy (non-hydrogen) atoms. The largest absolute Gasteiger partial charge is 0.374 e. The van der Waals surface area contributed by atoms with Gasteiger partial charge in [0.15, 0.2) is 0 Å². The van der Waals surface area contributed by atoms with Crippen molar-refractivity contribution in [1.82, 2.24) is 0 Å². The Balaban J connectivity index is 2.14. The fraction of sp³-hybridized carbons (Fsp3) is 0.455. The highest BCUT2D eigenvalue weighted by molar-refractivity contribution is 5.26. The predicted octanol–water partition coefficient (Wildman–Crippen LogP) is 5.74. The van der Waals surface area contributed by atoms with Crippen molar-refractivity contribution in [2.45, 2.75) is 64.6 Å². The molecule has 0 heterocycles. The molecule has 2 aromatic rings. The molecule has 0 aromatic heterocycles. The number of rotatable bonds is 6. The number of hydrogen-bond donors (Lipinski definition) is 0. The third kappa shape index (κ3) is 3.84. The van der Waals surface area contributed by atoms with Gasteiger partial charge in [-0.3, -0.25) is 0 Å². The Morgan fingerprint density at radius 2 is 0.913 bits per heavy atom. The highest BCUT2D eigenvalue weighted by Gasteiger charge is 2.35. The summed E-state index contributed by atoms with van der Waals surface area (Å²) in [6.07, 6.45) is 0.255. The Morgan fingerprint density at radius 1 is 0.609 bits per heavy atom. The highest BCUT2D eigenvalue weighted by Crippen LogP contribution is 2.34. The van der Waals surface area contributed by atoms with Crippen molar-refractivity contribution in [2.75, 3.05) is 0 Å². The van der Waals surface area contributed by atoms with Gasteiger partial charge in [-0.05, 0) is 25.0 Å². The Hall–Kier alpha value is -1.60. The first-order valence-corrected chi connectivity index (χ1v) is 8.52. The lowest BCUT2D eigenvalue weighted by atomic mass is 9.78. The van der Waals surface area contributed by atoms with Gasteiger partial charge in [0.25, 0.3) is 0 Å². The van der Waals surface area contributed by atoms with Crippen LogP contribution in [0.2, 0.25) is 0 Å². The Labute approximate surface area is 141 Å². The van der Waals surface area contributed by atoms with Gasteiger partial charge in [-0.1, -0.05) is 88.4 Å². The first-order valence-electron chi connectivity index (χ1n) is 8.52. The van der Waals surface area contributed by atoms with E-state index in [4.69, 9.17) is 4.74 Å². The average Bonchev–Trinajstić information content (AvgIpc) is 2.56. The Morgan fingerprint density at radius 3 is 1.22 bits per heavy atom. The van der Waals surface area contributed by atoms with Gasteiger partial charge in [0.1, 0.15) is 0 Å². The number of benzene rings is 2. The van der Waals surface area contributed by atoms with Crippen molar-refractivity contribution >= 4 is 0 Å². The molecule has 0 bridgehead atoms. The molecule has 0 fully saturated rings. The molecule has 0 radical (unpaired) electrons. The zero-order valence-corrected chi connectivity index (χ0v) is 15.3. The van der Waals surface area contributed by atoms with Crippen LogP contribution in [0.3, 0.4) is 0 Å². The molecule has 0 saturated heterocycles. The normalized spacial score (nSPS) is 15.2. The van der Waals surface area contributed by atoms with Crippen molar-refractivity contribution in [3.63, 3.8) is 0 Å². The molecular formula is C22H30O. The summed E-state index contributed by atoms with van der Waals surface area (Å²) in [5.74, 6) is 0. The maximum absolute atomic E-state index is 6.49. The van der Waals surface area contributed by atoms with Gasteiger partial charge in [-0.25, -0.2) is 0 Å². The van der Waals surface area contributed by atoms with Crippen molar-refractivity contribution in [3.8, 4) is 0 Å². The third-order valence-corrected chi connectivity index (χ3v) is 5.48. The van der Waals surface area contributed by atoms with Crippen molar-refractivity contribution in [1.29, 1.82) is 0 Å². The quantitative estimate of drug-likeness (QED) is 0.661. The summed E-state index contributed by atoms with van der Waals surface area (Å²) >= 11 is 0. The molecule has 2 rings (SSSR count). The summed E-state index contributed by atoms with van der Waals surface area (Å²) in [4.78, 5) is 0. The lowest BCUT2D eigenvalue weighted by Crippen LogP contribution is -2.42. The lowest BCUT2D eigenvalue weighted by Gasteiger charge is -2.39. The monoisotopic (exact) mass is 310 g/mol. The van der Waals surface area contributed by atoms with Gasteiger partial charge < -0.3 is 4.74 Å². The number of ether oxygens (including phenoxy) is 1. The third-order valence-electron chi connectivity index (χ3n) is 5.48. The predicted molar refractivity (Wildman–Crippen MR) is 98.9 cm³/mol. The minimum absolute atomic E-state index is 0.0255. The van der Waals surface area contributed by atoms with E-state index in [0.717, 1.165) is 0 Å². The van der Waals surface area contributed by atoms with Crippen LogP contribution < -0.4 is 0 Å². The van der Waals surface area contributed by atoms with Crippen LogP contribution in [0.5, 0.6) is 0 Å². The van der Waals surface area contributed by atoms with Gasteiger partial charge >= 0.3 is 0 Å². The molecule has 0 aliphatic heterocycles. The van der Waals surface area contributed by atoms with Gasteiger partial charge in [0.2, 0.25) is 0 Å². The molecule has 2 aromatic carbocycles. The fourth-order valence-corrected chi connectivity index (χ4v) is 2.85. The molecule has 1 nitrogen and oxygen atoms in total. The van der Waals surface area contributed by atoms with E-state index in [1.54, 1.807) is 0 Å². The zero-order valence-electron chi connectivity index (χ0n) is 15.3. The molecule has 0 spiro atoms. The topological polar surface area (TPSA) is 9.23 Å². The maximum Gasteiger partial charge on any atom is 0.0642 e. The molecule has 0 aliphatic carbocycles. The minimum Gasteiger partial charge on any atom is -0.374 e. The van der Waals surface area contributed by atoms with E-state index in [0.29, 0.717) is 0 Å². The molecule has 0 amide bonds. The second-order valence-corrected chi connectivity index (χ2v) is 7.60. The summed E-state index contributed by atoms with van der Waals surface area (Å²) in [6, 6.07) is 21.3. The fourth-order valence-electron chi connectivity index (χ4n) is 2.85. The molecule has 2 unspecified atom stereocenters. The van der Waals surface area contributed by atoms with Crippen LogP contribution in [0, 0.1) is 0 Å². The summed E-state index contributed by atoms with van der Waals surface area (Å²) in [6.45, 7) is 13.4. The first kappa shape index (κ1) is 17.7. The van der Waals surface area contributed by atoms with E-state index >= 15 is 0 Å². The van der Waals surface area contributed by atoms with Crippen LogP contribution in [0.4, 0.5) is 0 Å². The van der Waals surface area contributed by atoms with E-state index in [-0.39, 0.29) is 23.0 Å². The summed E-state index contributed by atoms with van der Waals surface area (Å²) in [5.41, 5.74) is 2.58. The number of hydrogen-bond acceptors (Lipinski definition) is 1. The molecule has 0 aliphatic rings. The second kappa shape index (κ2) is 6.88. The van der Waals surface area contributed by atoms with Crippen LogP contribution in [0.15, 0.2) is 60.7 Å². The average molecular weight is 310 g/mol. The van der Waals surface area contributed by atoms with E-state index in [1.807, 2.05) is 0 Å². The van der Waals surface area contributed by atoms with Crippen molar-refractivity contribution in [2.24, 2.45) is 0 Å². The summed E-state index contributed by atoms with van der Waals surface area (Å²) < 4.78 is 6.49. The van der Waals surface area contributed by atoms with Crippen LogP contribution in [0.1, 0.15) is 52.7 Å². The summed E-state index contributed by atoms with van der Waals surface area (Å²) in [7, 11) is 0. The molecular weight excluding hydrogens is 280 g/mol. The minimum atomic E-state index is -0.0255. The van der Waals surface area contributed by atoms with E-state index in [1.165, 1.54) is 11.1 Å². The van der Waals surface area contributed by atoms with Crippen LogP contribution in [0.25, 0.3) is 0 Å². The molecule has 2 atom stereocenters. The molecule has 0 N–H and O–H groups in total. The van der Waals surface area contributed by atoms with Gasteiger partial charge in [0, 0.05) is 10.8 Å². The standard InChI is InChI=1S/C22H30O/c1-17(21(3,4)19-13-9-7-10-14-19)23-18(2)22(5,6)20-15-11-8-12-16-20/h7-18H,1-6H3. The van der Waals surface area contributed by atoms with Crippen LogP contribution in [-0.2, 0) is 15.6 Å². The maximum atomic E-state index is 6.49. The smallest absolute Gasteiger partial charge is 0.0642 e. The Bertz CT molecular complexity index is 543. The van der Waals surface area contributed by atoms with Crippen molar-refractivity contribution in [3.05, 3.63) is 71.8 Å². The molecule has 124 valence electrons. The zero-order chi connectivity index (χ0) is 17.1. The van der Waals surface area contributed by atoms with Gasteiger partial charge in [-0.15, -0.1) is 0 Å². The molecule has 0 saturated carbocycles. The van der Waals surface area contributed by atoms with E-state index < -0.39 is 0 Å². The SMILES string of the molecule is CC(OC(C)C(C)(C)c1ccccc1)C(C)(C)c1ccccc1. The van der Waals surface area contributed by atoms with E-state index in [2.05, 4.69) is 102 Å². The van der Waals surface area contributed by atoms with Crippen molar-refractivity contribution < 1.29 is 4.74 Å². The van der Waals surface area contributed by atoms with Gasteiger partial charge in [-0.2, -0.15) is 0 Å².